The molecule has 100 valence electrons. The number of fused-ring (bicyclic) bond motifs is 1. The maximum absolute atomic E-state index is 12.1. The second-order valence-electron chi connectivity index (χ2n) is 4.62. The fourth-order valence-electron chi connectivity index (χ4n) is 2.04. The topological polar surface area (TPSA) is 42.2 Å². The van der Waals surface area contributed by atoms with Gasteiger partial charge in [-0.1, -0.05) is 23.7 Å². The Morgan fingerprint density at radius 1 is 1.15 bits per heavy atom. The van der Waals surface area contributed by atoms with E-state index in [1.54, 1.807) is 24.3 Å². The van der Waals surface area contributed by atoms with E-state index >= 15 is 0 Å². The predicted molar refractivity (Wildman–Crippen MR) is 80.4 cm³/mol. The Bertz CT molecular complexity index is 792. The lowest BCUT2D eigenvalue weighted by atomic mass is 10.2. The summed E-state index contributed by atoms with van der Waals surface area (Å²) in [6, 6.07) is 14.5. The van der Waals surface area contributed by atoms with Crippen LogP contribution in [0.5, 0.6) is 0 Å². The second kappa shape index (κ2) is 5.02. The van der Waals surface area contributed by atoms with Gasteiger partial charge in [0.25, 0.3) is 5.91 Å². The molecule has 3 aromatic rings. The molecule has 0 aliphatic rings. The summed E-state index contributed by atoms with van der Waals surface area (Å²) < 4.78 is 5.52. The monoisotopic (exact) mass is 285 g/mol. The van der Waals surface area contributed by atoms with E-state index in [0.717, 1.165) is 16.6 Å². The Morgan fingerprint density at radius 3 is 2.80 bits per heavy atom. The molecule has 2 aromatic carbocycles. The van der Waals surface area contributed by atoms with Gasteiger partial charge in [-0.25, -0.2) is 0 Å². The van der Waals surface area contributed by atoms with Gasteiger partial charge in [-0.2, -0.15) is 0 Å². The van der Waals surface area contributed by atoms with Crippen molar-refractivity contribution in [2.45, 2.75) is 6.92 Å². The maximum atomic E-state index is 12.1. The number of halogens is 1. The summed E-state index contributed by atoms with van der Waals surface area (Å²) in [7, 11) is 0. The van der Waals surface area contributed by atoms with Crippen molar-refractivity contribution in [3.8, 4) is 0 Å². The third-order valence-corrected chi connectivity index (χ3v) is 3.21. The smallest absolute Gasteiger partial charge is 0.291 e. The molecule has 20 heavy (non-hydrogen) atoms. The van der Waals surface area contributed by atoms with Gasteiger partial charge in [-0.15, -0.1) is 0 Å². The maximum Gasteiger partial charge on any atom is 0.291 e. The molecule has 1 heterocycles. The molecule has 0 aliphatic carbocycles. The van der Waals surface area contributed by atoms with Gasteiger partial charge >= 0.3 is 0 Å². The summed E-state index contributed by atoms with van der Waals surface area (Å²) in [5.74, 6) is -0.00769. The van der Waals surface area contributed by atoms with Crippen LogP contribution in [-0.4, -0.2) is 5.91 Å². The van der Waals surface area contributed by atoms with Gasteiger partial charge < -0.3 is 9.73 Å². The van der Waals surface area contributed by atoms with E-state index in [2.05, 4.69) is 5.32 Å². The van der Waals surface area contributed by atoms with Crippen LogP contribution in [0.2, 0.25) is 5.02 Å². The third-order valence-electron chi connectivity index (χ3n) is 2.98. The number of hydrogen-bond donors (Lipinski definition) is 1. The van der Waals surface area contributed by atoms with Crippen LogP contribution in [0.25, 0.3) is 11.0 Å². The summed E-state index contributed by atoms with van der Waals surface area (Å²) in [5, 5.41) is 4.24. The molecule has 0 saturated carbocycles. The minimum Gasteiger partial charge on any atom is -0.451 e. The van der Waals surface area contributed by atoms with Crippen LogP contribution < -0.4 is 5.32 Å². The molecule has 4 heteroatoms. The normalized spacial score (nSPS) is 10.7. The molecule has 0 unspecified atom stereocenters. The summed E-state index contributed by atoms with van der Waals surface area (Å²) in [5.41, 5.74) is 2.47. The van der Waals surface area contributed by atoms with E-state index in [1.165, 1.54) is 0 Å². The van der Waals surface area contributed by atoms with Gasteiger partial charge in [-0.3, -0.25) is 4.79 Å². The standard InChI is InChI=1S/C16H12ClNO2/c1-10-3-2-4-13(7-10)18-16(19)15-9-11-8-12(17)5-6-14(11)20-15/h2-9H,1H3,(H,18,19). The SMILES string of the molecule is Cc1cccc(NC(=O)c2cc3cc(Cl)ccc3o2)c1. The van der Waals surface area contributed by atoms with Crippen molar-refractivity contribution in [3.63, 3.8) is 0 Å². The molecule has 0 atom stereocenters. The Balaban J connectivity index is 1.88. The number of nitrogens with one attached hydrogen (secondary N) is 1. The molecule has 1 amide bonds. The molecule has 3 rings (SSSR count). The fraction of sp³-hybridized carbons (Fsp3) is 0.0625. The Labute approximate surface area is 121 Å². The highest BCUT2D eigenvalue weighted by atomic mass is 35.5. The molecule has 1 N–H and O–H groups in total. The number of furan rings is 1. The molecule has 0 saturated heterocycles. The number of rotatable bonds is 2. The lowest BCUT2D eigenvalue weighted by Gasteiger charge is -2.03. The Morgan fingerprint density at radius 2 is 2.00 bits per heavy atom. The van der Waals surface area contributed by atoms with Crippen molar-refractivity contribution in [2.75, 3.05) is 5.32 Å². The van der Waals surface area contributed by atoms with E-state index in [1.807, 2.05) is 31.2 Å². The number of benzene rings is 2. The van der Waals surface area contributed by atoms with Crippen LogP contribution in [-0.2, 0) is 0 Å². The highest BCUT2D eigenvalue weighted by Gasteiger charge is 2.12. The second-order valence-corrected chi connectivity index (χ2v) is 5.05. The summed E-state index contributed by atoms with van der Waals surface area (Å²) in [6.45, 7) is 1.97. The van der Waals surface area contributed by atoms with Crippen molar-refractivity contribution in [1.29, 1.82) is 0 Å². The third kappa shape index (κ3) is 2.53. The summed E-state index contributed by atoms with van der Waals surface area (Å²) >= 11 is 5.91. The fourth-order valence-corrected chi connectivity index (χ4v) is 2.22. The van der Waals surface area contributed by atoms with Gasteiger partial charge in [-0.05, 0) is 48.9 Å². The van der Waals surface area contributed by atoms with Gasteiger partial charge in [0.2, 0.25) is 0 Å². The lowest BCUT2D eigenvalue weighted by Crippen LogP contribution is -2.10. The highest BCUT2D eigenvalue weighted by Crippen LogP contribution is 2.23. The highest BCUT2D eigenvalue weighted by molar-refractivity contribution is 6.31. The number of anilines is 1. The molecule has 0 radical (unpaired) electrons. The molecule has 0 aliphatic heterocycles. The predicted octanol–water partition coefficient (Wildman–Crippen LogP) is 4.65. The zero-order valence-corrected chi connectivity index (χ0v) is 11.6. The van der Waals surface area contributed by atoms with E-state index in [4.69, 9.17) is 16.0 Å². The largest absolute Gasteiger partial charge is 0.451 e. The average Bonchev–Trinajstić information content (AvgIpc) is 2.81. The van der Waals surface area contributed by atoms with Crippen molar-refractivity contribution in [3.05, 3.63) is 64.9 Å². The lowest BCUT2D eigenvalue weighted by molar-refractivity contribution is 0.0998. The van der Waals surface area contributed by atoms with Crippen LogP contribution >= 0.6 is 11.6 Å². The van der Waals surface area contributed by atoms with Crippen LogP contribution in [0.1, 0.15) is 16.1 Å². The molecular formula is C16H12ClNO2. The van der Waals surface area contributed by atoms with E-state index in [-0.39, 0.29) is 11.7 Å². The van der Waals surface area contributed by atoms with E-state index in [9.17, 15) is 4.79 Å². The van der Waals surface area contributed by atoms with Gasteiger partial charge in [0, 0.05) is 16.1 Å². The van der Waals surface area contributed by atoms with Crippen LogP contribution in [0.4, 0.5) is 5.69 Å². The molecule has 0 fully saturated rings. The van der Waals surface area contributed by atoms with E-state index in [0.29, 0.717) is 10.6 Å². The quantitative estimate of drug-likeness (QED) is 0.745. The number of carbonyl (C=O) groups is 1. The van der Waals surface area contributed by atoms with Gasteiger partial charge in [0.05, 0.1) is 0 Å². The minimum absolute atomic E-state index is 0.267. The summed E-state index contributed by atoms with van der Waals surface area (Å²) in [6.07, 6.45) is 0. The van der Waals surface area contributed by atoms with Crippen LogP contribution in [0, 0.1) is 6.92 Å². The van der Waals surface area contributed by atoms with Crippen molar-refractivity contribution < 1.29 is 9.21 Å². The Hall–Kier alpha value is -2.26. The summed E-state index contributed by atoms with van der Waals surface area (Å²) in [4.78, 5) is 12.1. The Kier molecular flexibility index (Phi) is 3.20. The molecule has 3 nitrogen and oxygen atoms in total. The van der Waals surface area contributed by atoms with Crippen LogP contribution in [0.3, 0.4) is 0 Å². The number of hydrogen-bond acceptors (Lipinski definition) is 2. The first kappa shape index (κ1) is 12.8. The zero-order chi connectivity index (χ0) is 14.1. The number of aryl methyl sites for hydroxylation is 1. The van der Waals surface area contributed by atoms with Gasteiger partial charge in [0.1, 0.15) is 5.58 Å². The first-order chi connectivity index (χ1) is 9.61. The zero-order valence-electron chi connectivity index (χ0n) is 10.8. The minimum atomic E-state index is -0.275. The first-order valence-electron chi connectivity index (χ1n) is 6.19. The molecular weight excluding hydrogens is 274 g/mol. The number of carbonyl (C=O) groups excluding carboxylic acids is 1. The number of amides is 1. The molecule has 0 spiro atoms. The van der Waals surface area contributed by atoms with E-state index < -0.39 is 0 Å². The van der Waals surface area contributed by atoms with Crippen molar-refractivity contribution in [2.24, 2.45) is 0 Å². The molecule has 1 aromatic heterocycles. The van der Waals surface area contributed by atoms with Crippen molar-refractivity contribution >= 4 is 34.2 Å². The first-order valence-corrected chi connectivity index (χ1v) is 6.57. The van der Waals surface area contributed by atoms with Gasteiger partial charge in [0.15, 0.2) is 5.76 Å². The average molecular weight is 286 g/mol. The molecule has 0 bridgehead atoms. The van der Waals surface area contributed by atoms with Crippen molar-refractivity contribution in [1.82, 2.24) is 0 Å². The van der Waals surface area contributed by atoms with Crippen LogP contribution in [0.15, 0.2) is 52.9 Å².